The maximum atomic E-state index is 10.7. The summed E-state index contributed by atoms with van der Waals surface area (Å²) in [5.74, 6) is 3.72. The van der Waals surface area contributed by atoms with Crippen LogP contribution in [0, 0.1) is 27.9 Å². The van der Waals surface area contributed by atoms with E-state index in [4.69, 9.17) is 4.74 Å². The lowest BCUT2D eigenvalue weighted by atomic mass is 9.48. The number of nitrogens with zero attached hydrogens (tertiary/aromatic N) is 1. The Labute approximate surface area is 159 Å². The fourth-order valence-electron chi connectivity index (χ4n) is 6.25. The molecule has 0 atom stereocenters. The first-order valence-electron chi connectivity index (χ1n) is 10.1. The molecule has 4 saturated carbocycles. The average Bonchev–Trinajstić information content (AvgIpc) is 2.66. The number of nitro benzene ring substituents is 1. The molecule has 6 rings (SSSR count). The predicted octanol–water partition coefficient (Wildman–Crippen LogP) is 5.64. The highest BCUT2D eigenvalue weighted by Gasteiger charge is 2.51. The van der Waals surface area contributed by atoms with Crippen molar-refractivity contribution >= 4 is 5.69 Å². The molecular weight excluding hydrogens is 338 g/mol. The second kappa shape index (κ2) is 6.36. The minimum atomic E-state index is -0.381. The van der Waals surface area contributed by atoms with Gasteiger partial charge in [-0.15, -0.1) is 0 Å². The van der Waals surface area contributed by atoms with Crippen LogP contribution < -0.4 is 4.74 Å². The molecule has 4 fully saturated rings. The van der Waals surface area contributed by atoms with E-state index in [2.05, 4.69) is 24.3 Å². The van der Waals surface area contributed by atoms with Gasteiger partial charge in [-0.2, -0.15) is 0 Å². The molecule has 0 amide bonds. The topological polar surface area (TPSA) is 52.4 Å². The monoisotopic (exact) mass is 363 g/mol. The van der Waals surface area contributed by atoms with E-state index in [1.165, 1.54) is 56.2 Å². The van der Waals surface area contributed by atoms with E-state index in [0.717, 1.165) is 29.1 Å². The van der Waals surface area contributed by atoms with Gasteiger partial charge in [0.15, 0.2) is 0 Å². The number of non-ortho nitro benzene ring substituents is 1. The van der Waals surface area contributed by atoms with E-state index < -0.39 is 0 Å². The normalized spacial score (nSPS) is 31.0. The van der Waals surface area contributed by atoms with Gasteiger partial charge in [-0.1, -0.05) is 12.1 Å². The van der Waals surface area contributed by atoms with E-state index in [1.807, 2.05) is 0 Å². The molecule has 27 heavy (non-hydrogen) atoms. The van der Waals surface area contributed by atoms with E-state index in [-0.39, 0.29) is 10.6 Å². The van der Waals surface area contributed by atoms with Crippen molar-refractivity contribution in [3.05, 3.63) is 69.8 Å². The zero-order valence-electron chi connectivity index (χ0n) is 15.5. The lowest BCUT2D eigenvalue weighted by Crippen LogP contribution is -2.48. The van der Waals surface area contributed by atoms with Crippen molar-refractivity contribution < 1.29 is 9.66 Å². The minimum absolute atomic E-state index is 0.110. The van der Waals surface area contributed by atoms with Gasteiger partial charge in [0.05, 0.1) is 4.92 Å². The largest absolute Gasteiger partial charge is 0.489 e. The lowest BCUT2D eigenvalue weighted by molar-refractivity contribution is -0.384. The van der Waals surface area contributed by atoms with Crippen molar-refractivity contribution in [1.29, 1.82) is 0 Å². The summed E-state index contributed by atoms with van der Waals surface area (Å²) in [6.45, 7) is 0.425. The molecule has 0 saturated heterocycles. The third kappa shape index (κ3) is 3.11. The number of hydrogen-bond donors (Lipinski definition) is 0. The van der Waals surface area contributed by atoms with Crippen LogP contribution in [0.5, 0.6) is 5.75 Å². The first kappa shape index (κ1) is 16.8. The summed E-state index contributed by atoms with van der Waals surface area (Å²) in [6.07, 6.45) is 8.53. The van der Waals surface area contributed by atoms with Crippen molar-refractivity contribution in [2.75, 3.05) is 0 Å². The highest BCUT2D eigenvalue weighted by Crippen LogP contribution is 2.60. The Kier molecular flexibility index (Phi) is 3.96. The van der Waals surface area contributed by atoms with Crippen LogP contribution in [0.15, 0.2) is 48.5 Å². The second-order valence-electron chi connectivity index (χ2n) is 8.93. The first-order valence-corrected chi connectivity index (χ1v) is 10.1. The second-order valence-corrected chi connectivity index (χ2v) is 8.93. The summed E-state index contributed by atoms with van der Waals surface area (Å²) in [5.41, 5.74) is 2.97. The SMILES string of the molecule is O=[N+]([O-])c1ccc(COc2ccc(C34CC5CC(CC(C5)C3)C4)cc2)cc1. The molecular formula is C23H25NO3. The van der Waals surface area contributed by atoms with Crippen molar-refractivity contribution in [3.8, 4) is 5.75 Å². The van der Waals surface area contributed by atoms with Crippen LogP contribution in [-0.2, 0) is 12.0 Å². The standard InChI is InChI=1S/C23H25NO3/c25-24(26)21-5-1-16(2-6-21)15-27-22-7-3-20(4-8-22)23-12-17-9-18(13-23)11-19(10-17)14-23/h1-8,17-19H,9-15H2. The van der Waals surface area contributed by atoms with Crippen molar-refractivity contribution in [3.63, 3.8) is 0 Å². The highest BCUT2D eigenvalue weighted by atomic mass is 16.6. The molecule has 0 heterocycles. The molecule has 4 bridgehead atoms. The molecule has 0 N–H and O–H groups in total. The van der Waals surface area contributed by atoms with Crippen molar-refractivity contribution in [2.24, 2.45) is 17.8 Å². The molecule has 4 nitrogen and oxygen atoms in total. The van der Waals surface area contributed by atoms with Crippen LogP contribution in [0.25, 0.3) is 0 Å². The van der Waals surface area contributed by atoms with Crippen LogP contribution in [0.2, 0.25) is 0 Å². The number of rotatable bonds is 5. The molecule has 2 aromatic rings. The molecule has 0 aromatic heterocycles. The fourth-order valence-corrected chi connectivity index (χ4v) is 6.25. The van der Waals surface area contributed by atoms with Gasteiger partial charge in [-0.3, -0.25) is 10.1 Å². The van der Waals surface area contributed by atoms with E-state index in [1.54, 1.807) is 12.1 Å². The summed E-state index contributed by atoms with van der Waals surface area (Å²) in [4.78, 5) is 10.3. The Morgan fingerprint density at radius 2 is 1.44 bits per heavy atom. The van der Waals surface area contributed by atoms with E-state index in [0.29, 0.717) is 12.0 Å². The third-order valence-corrected chi connectivity index (χ3v) is 7.06. The number of ether oxygens (including phenoxy) is 1. The Morgan fingerprint density at radius 3 is 1.96 bits per heavy atom. The number of nitro groups is 1. The zero-order chi connectivity index (χ0) is 18.4. The lowest BCUT2D eigenvalue weighted by Gasteiger charge is -2.57. The Balaban J connectivity index is 1.26. The van der Waals surface area contributed by atoms with Gasteiger partial charge in [0, 0.05) is 12.1 Å². The van der Waals surface area contributed by atoms with Crippen LogP contribution in [0.4, 0.5) is 5.69 Å². The molecule has 4 aliphatic rings. The van der Waals surface area contributed by atoms with Crippen molar-refractivity contribution in [1.82, 2.24) is 0 Å². The highest BCUT2D eigenvalue weighted by molar-refractivity contribution is 5.36. The predicted molar refractivity (Wildman–Crippen MR) is 104 cm³/mol. The van der Waals surface area contributed by atoms with Gasteiger partial charge in [0.25, 0.3) is 5.69 Å². The maximum Gasteiger partial charge on any atom is 0.269 e. The van der Waals surface area contributed by atoms with Crippen LogP contribution >= 0.6 is 0 Å². The summed E-state index contributed by atoms with van der Waals surface area (Å²) in [5, 5.41) is 10.7. The Bertz CT molecular complexity index is 806. The smallest absolute Gasteiger partial charge is 0.269 e. The van der Waals surface area contributed by atoms with Gasteiger partial charge in [0.1, 0.15) is 12.4 Å². The molecule has 4 heteroatoms. The average molecular weight is 363 g/mol. The molecule has 4 aliphatic carbocycles. The third-order valence-electron chi connectivity index (χ3n) is 7.06. The molecule has 0 radical (unpaired) electrons. The van der Waals surface area contributed by atoms with Gasteiger partial charge in [-0.05, 0) is 97.1 Å². The van der Waals surface area contributed by atoms with Crippen molar-refractivity contribution in [2.45, 2.75) is 50.5 Å². The Hall–Kier alpha value is -2.36. The van der Waals surface area contributed by atoms with Gasteiger partial charge in [0.2, 0.25) is 0 Å². The van der Waals surface area contributed by atoms with Crippen LogP contribution in [0.3, 0.4) is 0 Å². The fraction of sp³-hybridized carbons (Fsp3) is 0.478. The molecule has 0 unspecified atom stereocenters. The molecule has 2 aromatic carbocycles. The molecule has 0 spiro atoms. The van der Waals surface area contributed by atoms with Gasteiger partial charge >= 0.3 is 0 Å². The van der Waals surface area contributed by atoms with Gasteiger partial charge < -0.3 is 4.74 Å². The summed E-state index contributed by atoms with van der Waals surface area (Å²) >= 11 is 0. The quantitative estimate of drug-likeness (QED) is 0.510. The first-order chi connectivity index (χ1) is 13.1. The number of benzene rings is 2. The van der Waals surface area contributed by atoms with E-state index in [9.17, 15) is 10.1 Å². The summed E-state index contributed by atoms with van der Waals surface area (Å²) in [6, 6.07) is 15.3. The summed E-state index contributed by atoms with van der Waals surface area (Å²) in [7, 11) is 0. The van der Waals surface area contributed by atoms with Gasteiger partial charge in [-0.25, -0.2) is 0 Å². The summed E-state index contributed by atoms with van der Waals surface area (Å²) < 4.78 is 5.90. The minimum Gasteiger partial charge on any atom is -0.489 e. The number of hydrogen-bond acceptors (Lipinski definition) is 3. The van der Waals surface area contributed by atoms with Crippen LogP contribution in [-0.4, -0.2) is 4.92 Å². The Morgan fingerprint density at radius 1 is 0.889 bits per heavy atom. The zero-order valence-corrected chi connectivity index (χ0v) is 15.5. The molecule has 140 valence electrons. The van der Waals surface area contributed by atoms with E-state index >= 15 is 0 Å². The maximum absolute atomic E-state index is 10.7. The molecule has 0 aliphatic heterocycles. The van der Waals surface area contributed by atoms with Crippen LogP contribution in [0.1, 0.15) is 49.7 Å².